The van der Waals surface area contributed by atoms with Crippen LogP contribution in [-0.2, 0) is 11.8 Å². The molecule has 0 aliphatic rings. The third-order valence-electron chi connectivity index (χ3n) is 4.69. The quantitative estimate of drug-likeness (QED) is 0.522. The van der Waals surface area contributed by atoms with Crippen LogP contribution in [0.1, 0.15) is 48.8 Å². The minimum absolute atomic E-state index is 0.153. The van der Waals surface area contributed by atoms with Crippen molar-refractivity contribution in [3.63, 3.8) is 0 Å². The number of para-hydroxylation sites is 1. The van der Waals surface area contributed by atoms with E-state index in [1.165, 1.54) is 17.9 Å². The SMILES string of the molecule is CCOC(C)(C)C#Cc1ccc(-c2ccccc2NC(=O)c2cn(C)nc2C(F)F)cc1. The van der Waals surface area contributed by atoms with E-state index >= 15 is 0 Å². The molecule has 0 atom stereocenters. The van der Waals surface area contributed by atoms with Gasteiger partial charge in [-0.2, -0.15) is 5.10 Å². The van der Waals surface area contributed by atoms with Gasteiger partial charge in [0.25, 0.3) is 12.3 Å². The molecule has 0 saturated carbocycles. The number of rotatable bonds is 6. The summed E-state index contributed by atoms with van der Waals surface area (Å²) in [7, 11) is 1.50. The molecule has 7 heteroatoms. The maximum Gasteiger partial charge on any atom is 0.282 e. The highest BCUT2D eigenvalue weighted by Gasteiger charge is 2.23. The van der Waals surface area contributed by atoms with Gasteiger partial charge in [0.05, 0.1) is 5.56 Å². The van der Waals surface area contributed by atoms with Crippen LogP contribution in [0.2, 0.25) is 0 Å². The second-order valence-corrected chi connectivity index (χ2v) is 7.67. The summed E-state index contributed by atoms with van der Waals surface area (Å²) in [4.78, 5) is 12.7. The Labute approximate surface area is 186 Å². The lowest BCUT2D eigenvalue weighted by Crippen LogP contribution is -2.21. The molecule has 0 spiro atoms. The summed E-state index contributed by atoms with van der Waals surface area (Å²) in [5, 5.41) is 6.43. The van der Waals surface area contributed by atoms with Crippen LogP contribution in [0, 0.1) is 11.8 Å². The van der Waals surface area contributed by atoms with Gasteiger partial charge in [-0.1, -0.05) is 42.2 Å². The first kappa shape index (κ1) is 23.2. The van der Waals surface area contributed by atoms with Gasteiger partial charge in [0.15, 0.2) is 0 Å². The molecule has 2 aromatic carbocycles. The van der Waals surface area contributed by atoms with Gasteiger partial charge in [0.2, 0.25) is 0 Å². The highest BCUT2D eigenvalue weighted by atomic mass is 19.3. The lowest BCUT2D eigenvalue weighted by atomic mass is 10.0. The molecule has 0 fully saturated rings. The van der Waals surface area contributed by atoms with Crippen molar-refractivity contribution in [3.05, 3.63) is 71.5 Å². The van der Waals surface area contributed by atoms with Gasteiger partial charge in [-0.25, -0.2) is 8.78 Å². The fraction of sp³-hybridized carbons (Fsp3) is 0.280. The minimum atomic E-state index is -2.84. The molecule has 0 unspecified atom stereocenters. The number of carbonyl (C=O) groups excluding carboxylic acids is 1. The molecule has 1 amide bonds. The van der Waals surface area contributed by atoms with Crippen LogP contribution in [-0.4, -0.2) is 27.9 Å². The molecule has 32 heavy (non-hydrogen) atoms. The average molecular weight is 437 g/mol. The van der Waals surface area contributed by atoms with Crippen molar-refractivity contribution in [1.82, 2.24) is 9.78 Å². The summed E-state index contributed by atoms with van der Waals surface area (Å²) in [5.41, 5.74) is 1.74. The van der Waals surface area contributed by atoms with Gasteiger partial charge in [-0.3, -0.25) is 9.48 Å². The van der Waals surface area contributed by atoms with Crippen molar-refractivity contribution in [3.8, 4) is 23.0 Å². The van der Waals surface area contributed by atoms with E-state index in [0.29, 0.717) is 12.3 Å². The predicted molar refractivity (Wildman–Crippen MR) is 121 cm³/mol. The van der Waals surface area contributed by atoms with Crippen molar-refractivity contribution in [2.75, 3.05) is 11.9 Å². The summed E-state index contributed by atoms with van der Waals surface area (Å²) < 4.78 is 33.2. The Bertz CT molecular complexity index is 1160. The largest absolute Gasteiger partial charge is 0.363 e. The van der Waals surface area contributed by atoms with Crippen molar-refractivity contribution in [2.45, 2.75) is 32.8 Å². The number of nitrogens with zero attached hydrogens (tertiary/aromatic N) is 2. The molecule has 0 bridgehead atoms. The van der Waals surface area contributed by atoms with E-state index in [1.54, 1.807) is 12.1 Å². The number of nitrogens with one attached hydrogen (secondary N) is 1. The van der Waals surface area contributed by atoms with Crippen LogP contribution >= 0.6 is 0 Å². The standard InChI is InChI=1S/C25H25F2N3O2/c1-5-32-25(2,3)15-14-17-10-12-18(13-11-17)19-8-6-7-9-21(19)28-24(31)20-16-30(4)29-22(20)23(26)27/h6-13,16,23H,5H2,1-4H3,(H,28,31). The van der Waals surface area contributed by atoms with Crippen LogP contribution in [0.5, 0.6) is 0 Å². The summed E-state index contributed by atoms with van der Waals surface area (Å²) >= 11 is 0. The summed E-state index contributed by atoms with van der Waals surface area (Å²) in [5.74, 6) is 5.58. The van der Waals surface area contributed by atoms with Crippen LogP contribution in [0.4, 0.5) is 14.5 Å². The number of halogens is 2. The highest BCUT2D eigenvalue weighted by Crippen LogP contribution is 2.29. The number of amides is 1. The Morgan fingerprint density at radius 3 is 2.53 bits per heavy atom. The first-order valence-electron chi connectivity index (χ1n) is 10.2. The van der Waals surface area contributed by atoms with Crippen LogP contribution in [0.25, 0.3) is 11.1 Å². The zero-order valence-electron chi connectivity index (χ0n) is 18.4. The number of aryl methyl sites for hydroxylation is 1. The fourth-order valence-electron chi connectivity index (χ4n) is 3.23. The molecule has 3 rings (SSSR count). The van der Waals surface area contributed by atoms with E-state index in [1.807, 2.05) is 57.2 Å². The van der Waals surface area contributed by atoms with Crippen LogP contribution in [0.15, 0.2) is 54.7 Å². The third-order valence-corrected chi connectivity index (χ3v) is 4.69. The van der Waals surface area contributed by atoms with Gasteiger partial charge in [-0.05, 0) is 44.5 Å². The van der Waals surface area contributed by atoms with E-state index in [2.05, 4.69) is 22.3 Å². The van der Waals surface area contributed by atoms with Crippen molar-refractivity contribution >= 4 is 11.6 Å². The van der Waals surface area contributed by atoms with Gasteiger partial charge >= 0.3 is 0 Å². The number of alkyl halides is 2. The predicted octanol–water partition coefficient (Wildman–Crippen LogP) is 5.44. The van der Waals surface area contributed by atoms with Gasteiger partial charge in [0.1, 0.15) is 11.3 Å². The van der Waals surface area contributed by atoms with Gasteiger partial charge in [-0.15, -0.1) is 0 Å². The molecule has 1 aromatic heterocycles. The molecule has 3 aromatic rings. The number of anilines is 1. The monoisotopic (exact) mass is 437 g/mol. The molecule has 5 nitrogen and oxygen atoms in total. The Morgan fingerprint density at radius 2 is 1.88 bits per heavy atom. The van der Waals surface area contributed by atoms with E-state index in [-0.39, 0.29) is 5.56 Å². The topological polar surface area (TPSA) is 56.1 Å². The normalized spacial score (nSPS) is 11.2. The first-order valence-corrected chi connectivity index (χ1v) is 10.2. The van der Waals surface area contributed by atoms with E-state index in [4.69, 9.17) is 4.74 Å². The van der Waals surface area contributed by atoms with E-state index in [9.17, 15) is 13.6 Å². The minimum Gasteiger partial charge on any atom is -0.363 e. The van der Waals surface area contributed by atoms with Crippen LogP contribution in [0.3, 0.4) is 0 Å². The molecular weight excluding hydrogens is 412 g/mol. The summed E-state index contributed by atoms with van der Waals surface area (Å²) in [6.07, 6.45) is -1.55. The maximum atomic E-state index is 13.2. The van der Waals surface area contributed by atoms with Crippen molar-refractivity contribution < 1.29 is 18.3 Å². The molecule has 166 valence electrons. The zero-order chi connectivity index (χ0) is 23.3. The Balaban J connectivity index is 1.85. The fourth-order valence-corrected chi connectivity index (χ4v) is 3.23. The van der Waals surface area contributed by atoms with Crippen molar-refractivity contribution in [1.29, 1.82) is 0 Å². The first-order chi connectivity index (χ1) is 15.2. The molecule has 1 heterocycles. The second kappa shape index (κ2) is 9.75. The molecule has 1 N–H and O–H groups in total. The average Bonchev–Trinajstić information content (AvgIpc) is 3.15. The number of ether oxygens (including phenoxy) is 1. The number of benzene rings is 2. The van der Waals surface area contributed by atoms with E-state index < -0.39 is 23.6 Å². The number of hydrogen-bond acceptors (Lipinski definition) is 3. The maximum absolute atomic E-state index is 13.2. The molecule has 0 aliphatic heterocycles. The zero-order valence-corrected chi connectivity index (χ0v) is 18.4. The number of hydrogen-bond donors (Lipinski definition) is 1. The highest BCUT2D eigenvalue weighted by molar-refractivity contribution is 6.06. The smallest absolute Gasteiger partial charge is 0.282 e. The van der Waals surface area contributed by atoms with Gasteiger partial charge < -0.3 is 10.1 Å². The lowest BCUT2D eigenvalue weighted by Gasteiger charge is -2.16. The Morgan fingerprint density at radius 1 is 1.19 bits per heavy atom. The number of carbonyl (C=O) groups is 1. The molecule has 0 saturated heterocycles. The van der Waals surface area contributed by atoms with Gasteiger partial charge in [0, 0.05) is 36.7 Å². The number of aromatic nitrogens is 2. The summed E-state index contributed by atoms with van der Waals surface area (Å²) in [6, 6.07) is 14.8. The molecular formula is C25H25F2N3O2. The summed E-state index contributed by atoms with van der Waals surface area (Å²) in [6.45, 7) is 6.34. The molecule has 0 radical (unpaired) electrons. The Hall–Kier alpha value is -3.50. The lowest BCUT2D eigenvalue weighted by molar-refractivity contribution is 0.0362. The van der Waals surface area contributed by atoms with E-state index in [0.717, 1.165) is 16.7 Å². The second-order valence-electron chi connectivity index (χ2n) is 7.67. The molecule has 0 aliphatic carbocycles. The Kier molecular flexibility index (Phi) is 7.06. The van der Waals surface area contributed by atoms with Crippen molar-refractivity contribution in [2.24, 2.45) is 7.05 Å². The van der Waals surface area contributed by atoms with Crippen LogP contribution < -0.4 is 5.32 Å². The third kappa shape index (κ3) is 5.59.